The van der Waals surface area contributed by atoms with Crippen LogP contribution in [0.5, 0.6) is 11.5 Å². The first-order chi connectivity index (χ1) is 18.7. The van der Waals surface area contributed by atoms with E-state index in [-0.39, 0.29) is 6.04 Å². The number of allylic oxidation sites excluding steroid dienone is 2. The summed E-state index contributed by atoms with van der Waals surface area (Å²) in [5, 5.41) is 4.27. The summed E-state index contributed by atoms with van der Waals surface area (Å²) in [6.07, 6.45) is 7.58. The van der Waals surface area contributed by atoms with E-state index < -0.39 is 0 Å². The van der Waals surface area contributed by atoms with E-state index in [2.05, 4.69) is 66.0 Å². The predicted molar refractivity (Wildman–Crippen MR) is 155 cm³/mol. The number of methoxy groups -OCH3 is 1. The molecule has 4 nitrogen and oxygen atoms in total. The number of anilines is 1. The van der Waals surface area contributed by atoms with Crippen LogP contribution in [0.2, 0.25) is 5.02 Å². The van der Waals surface area contributed by atoms with Crippen LogP contribution in [0.15, 0.2) is 108 Å². The van der Waals surface area contributed by atoms with Crippen LogP contribution in [0, 0.1) is 5.92 Å². The van der Waals surface area contributed by atoms with Gasteiger partial charge in [0.1, 0.15) is 6.61 Å². The van der Waals surface area contributed by atoms with Crippen LogP contribution in [0.3, 0.4) is 0 Å². The summed E-state index contributed by atoms with van der Waals surface area (Å²) in [4.78, 5) is 4.69. The Morgan fingerprint density at radius 2 is 1.76 bits per heavy atom. The Morgan fingerprint density at radius 1 is 0.974 bits per heavy atom. The Hall–Kier alpha value is -4.02. The Kier molecular flexibility index (Phi) is 6.89. The van der Waals surface area contributed by atoms with E-state index >= 15 is 0 Å². The normalized spacial score (nSPS) is 19.6. The zero-order valence-electron chi connectivity index (χ0n) is 21.2. The molecule has 0 unspecified atom stereocenters. The molecule has 0 aromatic heterocycles. The average molecular weight is 521 g/mol. The molecule has 1 N–H and O–H groups in total. The van der Waals surface area contributed by atoms with Gasteiger partial charge in [-0.2, -0.15) is 0 Å². The molecule has 0 saturated carbocycles. The number of hydrogen-bond donors (Lipinski definition) is 1. The van der Waals surface area contributed by atoms with Gasteiger partial charge in [0.2, 0.25) is 0 Å². The lowest BCUT2D eigenvalue weighted by molar-refractivity contribution is 0.284. The van der Waals surface area contributed by atoms with Crippen molar-refractivity contribution in [2.24, 2.45) is 10.9 Å². The lowest BCUT2D eigenvalue weighted by atomic mass is 9.77. The fourth-order valence-electron chi connectivity index (χ4n) is 5.47. The van der Waals surface area contributed by atoms with Crippen molar-refractivity contribution in [3.63, 3.8) is 0 Å². The number of halogens is 1. The number of para-hydroxylation sites is 1. The summed E-state index contributed by atoms with van der Waals surface area (Å²) in [6.45, 7) is 0.413. The molecular formula is C33H29ClN2O2. The molecule has 1 aliphatic carbocycles. The third kappa shape index (κ3) is 4.92. The second kappa shape index (κ2) is 10.8. The molecule has 1 aliphatic heterocycles. The molecule has 38 heavy (non-hydrogen) atoms. The van der Waals surface area contributed by atoms with Gasteiger partial charge in [0.25, 0.3) is 0 Å². The van der Waals surface area contributed by atoms with Gasteiger partial charge in [-0.25, -0.2) is 0 Å². The van der Waals surface area contributed by atoms with E-state index in [1.807, 2.05) is 42.5 Å². The molecule has 190 valence electrons. The van der Waals surface area contributed by atoms with Gasteiger partial charge in [0.05, 0.1) is 23.9 Å². The molecule has 0 amide bonds. The summed E-state index contributed by atoms with van der Waals surface area (Å²) in [5.74, 6) is 2.10. The van der Waals surface area contributed by atoms with Crippen molar-refractivity contribution < 1.29 is 9.47 Å². The van der Waals surface area contributed by atoms with Crippen molar-refractivity contribution in [3.05, 3.63) is 130 Å². The third-order valence-corrected chi connectivity index (χ3v) is 7.65. The minimum absolute atomic E-state index is 0.273. The highest BCUT2D eigenvalue weighted by atomic mass is 35.5. The highest BCUT2D eigenvalue weighted by Gasteiger charge is 2.37. The number of rotatable bonds is 7. The number of fused-ring (bicyclic) bond motifs is 3. The van der Waals surface area contributed by atoms with E-state index in [0.717, 1.165) is 23.2 Å². The quantitative estimate of drug-likeness (QED) is 0.196. The van der Waals surface area contributed by atoms with Crippen molar-refractivity contribution >= 4 is 29.2 Å². The summed E-state index contributed by atoms with van der Waals surface area (Å²) < 4.78 is 11.5. The van der Waals surface area contributed by atoms with Crippen LogP contribution in [-0.2, 0) is 6.61 Å². The minimum atomic E-state index is 0.273. The molecule has 2 aliphatic rings. The molecule has 5 heteroatoms. The maximum Gasteiger partial charge on any atom is 0.180 e. The zero-order valence-corrected chi connectivity index (χ0v) is 21.9. The van der Waals surface area contributed by atoms with Crippen LogP contribution < -0.4 is 14.8 Å². The van der Waals surface area contributed by atoms with Gasteiger partial charge in [-0.3, -0.25) is 4.99 Å². The summed E-state index contributed by atoms with van der Waals surface area (Å²) in [5.41, 5.74) is 6.69. The minimum Gasteiger partial charge on any atom is -0.493 e. The van der Waals surface area contributed by atoms with Gasteiger partial charge < -0.3 is 14.8 Å². The lowest BCUT2D eigenvalue weighted by Gasteiger charge is -2.37. The van der Waals surface area contributed by atoms with Crippen molar-refractivity contribution in [2.75, 3.05) is 12.4 Å². The average Bonchev–Trinajstić information content (AvgIpc) is 3.46. The third-order valence-electron chi connectivity index (χ3n) is 7.36. The molecule has 0 bridgehead atoms. The fraction of sp³-hybridized carbons (Fsp3) is 0.182. The van der Waals surface area contributed by atoms with E-state index in [0.29, 0.717) is 35.0 Å². The monoisotopic (exact) mass is 520 g/mol. The first-order valence-corrected chi connectivity index (χ1v) is 13.3. The van der Waals surface area contributed by atoms with E-state index in [9.17, 15) is 0 Å². The fourth-order valence-corrected chi connectivity index (χ4v) is 5.75. The molecule has 0 spiro atoms. The number of benzene rings is 4. The Labute approximate surface area is 228 Å². The van der Waals surface area contributed by atoms with Crippen molar-refractivity contribution in [1.29, 1.82) is 0 Å². The number of nitrogens with one attached hydrogen (secondary N) is 1. The van der Waals surface area contributed by atoms with E-state index in [1.54, 1.807) is 13.3 Å². The molecule has 6 rings (SSSR count). The van der Waals surface area contributed by atoms with Crippen molar-refractivity contribution in [2.45, 2.75) is 25.0 Å². The SMILES string of the molecule is COc1cc(C=Nc2ccc([C@@H]3Nc4ccccc4[C@@H]4C=CC[C@H]43)cc2)cc(Cl)c1OCc1ccccc1. The van der Waals surface area contributed by atoms with Gasteiger partial charge >= 0.3 is 0 Å². The lowest BCUT2D eigenvalue weighted by Crippen LogP contribution is -2.28. The molecule has 4 aromatic carbocycles. The highest BCUT2D eigenvalue weighted by Crippen LogP contribution is 2.49. The maximum absolute atomic E-state index is 6.57. The molecule has 0 saturated heterocycles. The molecule has 4 aromatic rings. The zero-order chi connectivity index (χ0) is 25.9. The van der Waals surface area contributed by atoms with Crippen LogP contribution in [0.4, 0.5) is 11.4 Å². The van der Waals surface area contributed by atoms with Crippen molar-refractivity contribution in [1.82, 2.24) is 0 Å². The van der Waals surface area contributed by atoms with E-state index in [1.165, 1.54) is 16.8 Å². The number of ether oxygens (including phenoxy) is 2. The van der Waals surface area contributed by atoms with Crippen LogP contribution in [-0.4, -0.2) is 13.3 Å². The molecule has 0 radical (unpaired) electrons. The van der Waals surface area contributed by atoms with Crippen LogP contribution >= 0.6 is 11.6 Å². The predicted octanol–water partition coefficient (Wildman–Crippen LogP) is 8.50. The van der Waals surface area contributed by atoms with Crippen LogP contribution in [0.25, 0.3) is 0 Å². The summed E-state index contributed by atoms with van der Waals surface area (Å²) in [6, 6.07) is 31.1. The van der Waals surface area contributed by atoms with E-state index in [4.69, 9.17) is 26.1 Å². The van der Waals surface area contributed by atoms with Gasteiger partial charge in [0.15, 0.2) is 11.5 Å². The summed E-state index contributed by atoms with van der Waals surface area (Å²) in [7, 11) is 1.61. The van der Waals surface area contributed by atoms with Crippen molar-refractivity contribution in [3.8, 4) is 11.5 Å². The number of aliphatic imine (C=N–C) groups is 1. The van der Waals surface area contributed by atoms with Gasteiger partial charge in [-0.05, 0) is 64.9 Å². The smallest absolute Gasteiger partial charge is 0.180 e. The standard InChI is InChI=1S/C33H29ClN2O2/c1-37-31-19-23(18-29(34)33(31)38-21-22-8-3-2-4-9-22)20-35-25-16-14-24(15-17-25)32-28-12-7-11-26(28)27-10-5-6-13-30(27)36-32/h2-11,13-20,26,28,32,36H,12,21H2,1H3/t26-,28+,32-/m0/s1. The van der Waals surface area contributed by atoms with Crippen LogP contribution in [0.1, 0.15) is 40.6 Å². The first-order valence-electron chi connectivity index (χ1n) is 12.9. The largest absolute Gasteiger partial charge is 0.493 e. The molecular weight excluding hydrogens is 492 g/mol. The molecule has 1 heterocycles. The second-order valence-corrected chi connectivity index (χ2v) is 10.1. The highest BCUT2D eigenvalue weighted by molar-refractivity contribution is 6.32. The number of hydrogen-bond acceptors (Lipinski definition) is 4. The topological polar surface area (TPSA) is 42.8 Å². The summed E-state index contributed by atoms with van der Waals surface area (Å²) >= 11 is 6.57. The molecule has 0 fully saturated rings. The van der Waals surface area contributed by atoms with Gasteiger partial charge in [0, 0.05) is 17.8 Å². The van der Waals surface area contributed by atoms with Gasteiger partial charge in [-0.1, -0.05) is 84.4 Å². The number of nitrogens with zero attached hydrogens (tertiary/aromatic N) is 1. The Morgan fingerprint density at radius 3 is 2.58 bits per heavy atom. The molecule has 3 atom stereocenters. The second-order valence-electron chi connectivity index (χ2n) is 9.72. The maximum atomic E-state index is 6.57. The Bertz CT molecular complexity index is 1480. The van der Waals surface area contributed by atoms with Gasteiger partial charge in [-0.15, -0.1) is 0 Å². The Balaban J connectivity index is 1.17. The first kappa shape index (κ1) is 24.3.